The Bertz CT molecular complexity index is 977. The highest BCUT2D eigenvalue weighted by Gasteiger charge is 2.30. The molecule has 1 aliphatic heterocycles. The second-order valence-corrected chi connectivity index (χ2v) is 8.26. The van der Waals surface area contributed by atoms with Crippen molar-refractivity contribution in [3.63, 3.8) is 0 Å². The van der Waals surface area contributed by atoms with Gasteiger partial charge in [0.2, 0.25) is 5.91 Å². The van der Waals surface area contributed by atoms with Gasteiger partial charge >= 0.3 is 0 Å². The van der Waals surface area contributed by atoms with Gasteiger partial charge in [0.1, 0.15) is 0 Å². The van der Waals surface area contributed by atoms with Crippen molar-refractivity contribution in [1.29, 1.82) is 0 Å². The van der Waals surface area contributed by atoms with E-state index in [1.165, 1.54) is 11.1 Å². The molecule has 160 valence electrons. The predicted octanol–water partition coefficient (Wildman–Crippen LogP) is 4.06. The quantitative estimate of drug-likeness (QED) is 0.585. The van der Waals surface area contributed by atoms with Crippen molar-refractivity contribution in [2.24, 2.45) is 5.92 Å². The van der Waals surface area contributed by atoms with Gasteiger partial charge in [0.05, 0.1) is 5.92 Å². The Kier molecular flexibility index (Phi) is 7.05. The molecule has 0 spiro atoms. The van der Waals surface area contributed by atoms with E-state index in [2.05, 4.69) is 69.2 Å². The van der Waals surface area contributed by atoms with Crippen LogP contribution >= 0.6 is 0 Å². The molecule has 1 aromatic carbocycles. The molecule has 0 N–H and O–H groups in total. The molecule has 1 saturated heterocycles. The van der Waals surface area contributed by atoms with Gasteiger partial charge in [-0.15, -0.1) is 0 Å². The van der Waals surface area contributed by atoms with Crippen LogP contribution in [0, 0.1) is 5.92 Å². The number of amides is 1. The minimum atomic E-state index is -0.0416. The highest BCUT2D eigenvalue weighted by Crippen LogP contribution is 2.23. The maximum atomic E-state index is 13.4. The minimum absolute atomic E-state index is 0.0416. The van der Waals surface area contributed by atoms with Crippen LogP contribution in [0.4, 0.5) is 0 Å². The number of pyridine rings is 2. The zero-order valence-electron chi connectivity index (χ0n) is 18.2. The van der Waals surface area contributed by atoms with Gasteiger partial charge in [-0.05, 0) is 53.3 Å². The lowest BCUT2D eigenvalue weighted by molar-refractivity contribution is -0.134. The molecule has 0 radical (unpaired) electrons. The number of nitrogens with zero attached hydrogens (tertiary/aromatic N) is 4. The fourth-order valence-corrected chi connectivity index (χ4v) is 4.34. The third kappa shape index (κ3) is 5.56. The van der Waals surface area contributed by atoms with Crippen molar-refractivity contribution in [3.8, 4) is 11.1 Å². The Morgan fingerprint density at radius 2 is 1.77 bits per heavy atom. The molecule has 1 aliphatic rings. The predicted molar refractivity (Wildman–Crippen MR) is 123 cm³/mol. The van der Waals surface area contributed by atoms with E-state index in [1.54, 1.807) is 6.20 Å². The maximum absolute atomic E-state index is 13.4. The van der Waals surface area contributed by atoms with E-state index in [9.17, 15) is 4.79 Å². The fraction of sp³-hybridized carbons (Fsp3) is 0.346. The normalized spacial score (nSPS) is 17.5. The Morgan fingerprint density at radius 3 is 2.55 bits per heavy atom. The second kappa shape index (κ2) is 10.3. The van der Waals surface area contributed by atoms with Crippen LogP contribution in [0.3, 0.4) is 0 Å². The molecule has 1 amide bonds. The van der Waals surface area contributed by atoms with Crippen LogP contribution in [-0.2, 0) is 17.8 Å². The molecule has 3 heterocycles. The molecule has 4 rings (SSSR count). The summed E-state index contributed by atoms with van der Waals surface area (Å²) < 4.78 is 0. The Hall–Kier alpha value is -3.05. The molecular weight excluding hydrogens is 384 g/mol. The van der Waals surface area contributed by atoms with Gasteiger partial charge < -0.3 is 4.90 Å². The lowest BCUT2D eigenvalue weighted by Gasteiger charge is -2.24. The lowest BCUT2D eigenvalue weighted by Crippen LogP contribution is -2.37. The molecule has 1 unspecified atom stereocenters. The van der Waals surface area contributed by atoms with Crippen molar-refractivity contribution in [2.75, 3.05) is 26.2 Å². The first-order chi connectivity index (χ1) is 15.2. The molecule has 0 saturated carbocycles. The van der Waals surface area contributed by atoms with Gasteiger partial charge in [0.15, 0.2) is 0 Å². The minimum Gasteiger partial charge on any atom is -0.341 e. The summed E-state index contributed by atoms with van der Waals surface area (Å²) in [7, 11) is 0. The number of hydrogen-bond acceptors (Lipinski definition) is 4. The molecule has 1 fully saturated rings. The largest absolute Gasteiger partial charge is 0.341 e. The summed E-state index contributed by atoms with van der Waals surface area (Å²) in [5.74, 6) is 0.242. The van der Waals surface area contributed by atoms with Crippen molar-refractivity contribution in [3.05, 3.63) is 84.4 Å². The molecule has 3 aromatic rings. The van der Waals surface area contributed by atoms with Gasteiger partial charge in [-0.2, -0.15) is 0 Å². The summed E-state index contributed by atoms with van der Waals surface area (Å²) in [6, 6.07) is 16.7. The highest BCUT2D eigenvalue weighted by atomic mass is 16.2. The molecule has 0 bridgehead atoms. The molecule has 5 nitrogen and oxygen atoms in total. The zero-order chi connectivity index (χ0) is 21.5. The van der Waals surface area contributed by atoms with Gasteiger partial charge in [-0.3, -0.25) is 19.7 Å². The number of hydrogen-bond donors (Lipinski definition) is 0. The monoisotopic (exact) mass is 414 g/mol. The fourth-order valence-electron chi connectivity index (χ4n) is 4.34. The van der Waals surface area contributed by atoms with Gasteiger partial charge in [0, 0.05) is 57.5 Å². The van der Waals surface area contributed by atoms with Crippen LogP contribution < -0.4 is 0 Å². The smallest absolute Gasteiger partial charge is 0.227 e. The van der Waals surface area contributed by atoms with E-state index >= 15 is 0 Å². The molecule has 2 aromatic heterocycles. The number of rotatable bonds is 7. The molecule has 1 atom stereocenters. The van der Waals surface area contributed by atoms with Gasteiger partial charge in [-0.1, -0.05) is 37.3 Å². The summed E-state index contributed by atoms with van der Waals surface area (Å²) in [5, 5.41) is 0. The molecular formula is C26H30N4O. The summed E-state index contributed by atoms with van der Waals surface area (Å²) >= 11 is 0. The average molecular weight is 415 g/mol. The summed E-state index contributed by atoms with van der Waals surface area (Å²) in [5.41, 5.74) is 4.68. The van der Waals surface area contributed by atoms with E-state index in [1.807, 2.05) is 24.7 Å². The van der Waals surface area contributed by atoms with E-state index in [-0.39, 0.29) is 11.8 Å². The maximum Gasteiger partial charge on any atom is 0.227 e. The van der Waals surface area contributed by atoms with E-state index in [0.29, 0.717) is 0 Å². The third-order valence-corrected chi connectivity index (χ3v) is 5.88. The SMILES string of the molecule is CCCN1CCN(Cc2ccncc2)CC(Cc2cccc(-c3cccnc3)c2)C1=O. The Balaban J connectivity index is 1.54. The second-order valence-electron chi connectivity index (χ2n) is 8.26. The number of aromatic nitrogens is 2. The van der Waals surface area contributed by atoms with E-state index in [4.69, 9.17) is 0 Å². The van der Waals surface area contributed by atoms with E-state index in [0.717, 1.165) is 56.7 Å². The molecule has 0 aliphatic carbocycles. The van der Waals surface area contributed by atoms with Crippen LogP contribution in [-0.4, -0.2) is 51.9 Å². The highest BCUT2D eigenvalue weighted by molar-refractivity contribution is 5.80. The van der Waals surface area contributed by atoms with Crippen molar-refractivity contribution in [2.45, 2.75) is 26.3 Å². The number of benzene rings is 1. The summed E-state index contributed by atoms with van der Waals surface area (Å²) in [6.07, 6.45) is 9.08. The average Bonchev–Trinajstić information content (AvgIpc) is 2.95. The Labute approximate surface area is 184 Å². The summed E-state index contributed by atoms with van der Waals surface area (Å²) in [4.78, 5) is 26.2. The van der Waals surface area contributed by atoms with E-state index < -0.39 is 0 Å². The molecule has 31 heavy (non-hydrogen) atoms. The zero-order valence-corrected chi connectivity index (χ0v) is 18.2. The van der Waals surface area contributed by atoms with Crippen LogP contribution in [0.25, 0.3) is 11.1 Å². The van der Waals surface area contributed by atoms with Crippen LogP contribution in [0.2, 0.25) is 0 Å². The lowest BCUT2D eigenvalue weighted by atomic mass is 9.95. The third-order valence-electron chi connectivity index (χ3n) is 5.88. The number of carbonyl (C=O) groups is 1. The first-order valence-electron chi connectivity index (χ1n) is 11.1. The first kappa shape index (κ1) is 21.2. The van der Waals surface area contributed by atoms with Crippen molar-refractivity contribution < 1.29 is 4.79 Å². The van der Waals surface area contributed by atoms with Crippen LogP contribution in [0.1, 0.15) is 24.5 Å². The van der Waals surface area contributed by atoms with Gasteiger partial charge in [0.25, 0.3) is 0 Å². The first-order valence-corrected chi connectivity index (χ1v) is 11.1. The Morgan fingerprint density at radius 1 is 0.935 bits per heavy atom. The number of carbonyl (C=O) groups excluding carboxylic acids is 1. The van der Waals surface area contributed by atoms with Gasteiger partial charge in [-0.25, -0.2) is 0 Å². The topological polar surface area (TPSA) is 49.3 Å². The van der Waals surface area contributed by atoms with Crippen LogP contribution in [0.5, 0.6) is 0 Å². The summed E-state index contributed by atoms with van der Waals surface area (Å²) in [6.45, 7) is 6.29. The van der Waals surface area contributed by atoms with Crippen molar-refractivity contribution >= 4 is 5.91 Å². The van der Waals surface area contributed by atoms with Crippen LogP contribution in [0.15, 0.2) is 73.3 Å². The van der Waals surface area contributed by atoms with Crippen molar-refractivity contribution in [1.82, 2.24) is 19.8 Å². The standard InChI is InChI=1S/C26H30N4O/c1-2-13-30-15-14-29(19-21-8-11-27-12-9-21)20-25(26(30)31)17-22-5-3-6-23(16-22)24-7-4-10-28-18-24/h3-12,16,18,25H,2,13-15,17,19-20H2,1H3. The molecule has 5 heteroatoms.